The zero-order valence-corrected chi connectivity index (χ0v) is 16.0. The Morgan fingerprint density at radius 1 is 1.04 bits per heavy atom. The van der Waals surface area contributed by atoms with Crippen molar-refractivity contribution < 1.29 is 14.3 Å². The van der Waals surface area contributed by atoms with E-state index in [-0.39, 0.29) is 18.7 Å². The van der Waals surface area contributed by atoms with E-state index in [0.717, 1.165) is 50.2 Å². The van der Waals surface area contributed by atoms with E-state index in [2.05, 4.69) is 32.9 Å². The molecule has 0 bridgehead atoms. The third kappa shape index (κ3) is 4.99. The molecule has 25 heavy (non-hydrogen) atoms. The Bertz CT molecular complexity index is 592. The van der Waals surface area contributed by atoms with Crippen molar-refractivity contribution in [3.63, 3.8) is 0 Å². The van der Waals surface area contributed by atoms with E-state index in [4.69, 9.17) is 9.47 Å². The normalized spacial score (nSPS) is 23.6. The van der Waals surface area contributed by atoms with Crippen LogP contribution in [0.4, 0.5) is 0 Å². The van der Waals surface area contributed by atoms with E-state index in [1.165, 1.54) is 24.0 Å². The predicted molar refractivity (Wildman–Crippen MR) is 99.9 cm³/mol. The molecule has 0 atom stereocenters. The smallest absolute Gasteiger partial charge is 0.344 e. The first-order valence-electron chi connectivity index (χ1n) is 9.86. The monoisotopic (exact) mass is 344 g/mol. The Morgan fingerprint density at radius 2 is 1.72 bits per heavy atom. The lowest BCUT2D eigenvalue weighted by molar-refractivity contribution is -0.153. The molecule has 0 aromatic heterocycles. The third-order valence-electron chi connectivity index (χ3n) is 5.87. The van der Waals surface area contributed by atoms with Gasteiger partial charge in [-0.25, -0.2) is 4.79 Å². The summed E-state index contributed by atoms with van der Waals surface area (Å²) >= 11 is 0. The summed E-state index contributed by atoms with van der Waals surface area (Å²) in [6.07, 6.45) is 9.12. The highest BCUT2D eigenvalue weighted by atomic mass is 16.6. The average Bonchev–Trinajstić information content (AvgIpc) is 2.59. The van der Waals surface area contributed by atoms with E-state index in [0.29, 0.717) is 5.41 Å². The second-order valence-electron chi connectivity index (χ2n) is 8.76. The first kappa shape index (κ1) is 18.3. The number of carbonyl (C=O) groups excluding carboxylic acids is 1. The topological polar surface area (TPSA) is 35.5 Å². The number of ether oxygens (including phenoxy) is 2. The fourth-order valence-corrected chi connectivity index (χ4v) is 4.21. The number of esters is 1. The second kappa shape index (κ2) is 7.80. The van der Waals surface area contributed by atoms with Gasteiger partial charge in [-0.05, 0) is 86.0 Å². The van der Waals surface area contributed by atoms with Gasteiger partial charge in [-0.15, -0.1) is 0 Å². The lowest BCUT2D eigenvalue weighted by Crippen LogP contribution is -2.31. The van der Waals surface area contributed by atoms with Crippen molar-refractivity contribution in [2.75, 3.05) is 6.61 Å². The molecule has 0 N–H and O–H groups in total. The Kier molecular flexibility index (Phi) is 5.71. The minimum absolute atomic E-state index is 0.0119. The minimum atomic E-state index is -0.239. The highest BCUT2D eigenvalue weighted by Crippen LogP contribution is 2.38. The molecule has 0 heterocycles. The Labute approximate surface area is 152 Å². The van der Waals surface area contributed by atoms with Crippen LogP contribution < -0.4 is 4.74 Å². The van der Waals surface area contributed by atoms with Gasteiger partial charge in [-0.1, -0.05) is 26.8 Å². The molecule has 0 saturated heterocycles. The highest BCUT2D eigenvalue weighted by Gasteiger charge is 2.31. The van der Waals surface area contributed by atoms with Crippen molar-refractivity contribution in [2.24, 2.45) is 11.3 Å². The van der Waals surface area contributed by atoms with Gasteiger partial charge in [0.2, 0.25) is 0 Å². The number of benzene rings is 1. The van der Waals surface area contributed by atoms with Crippen LogP contribution in [0, 0.1) is 11.3 Å². The molecule has 3 nitrogen and oxygen atoms in total. The van der Waals surface area contributed by atoms with E-state index >= 15 is 0 Å². The molecule has 1 aromatic rings. The number of fused-ring (bicyclic) bond motifs is 1. The molecule has 0 spiro atoms. The maximum absolute atomic E-state index is 12.1. The summed E-state index contributed by atoms with van der Waals surface area (Å²) in [5.41, 5.74) is 3.15. The molecule has 3 heteroatoms. The van der Waals surface area contributed by atoms with Gasteiger partial charge < -0.3 is 9.47 Å². The van der Waals surface area contributed by atoms with Crippen molar-refractivity contribution in [1.29, 1.82) is 0 Å². The molecule has 0 unspecified atom stereocenters. The Morgan fingerprint density at radius 3 is 2.40 bits per heavy atom. The molecular formula is C22H32O3. The molecule has 0 radical (unpaired) electrons. The van der Waals surface area contributed by atoms with Crippen molar-refractivity contribution >= 4 is 5.97 Å². The van der Waals surface area contributed by atoms with Crippen LogP contribution in [0.25, 0.3) is 0 Å². The molecular weight excluding hydrogens is 312 g/mol. The summed E-state index contributed by atoms with van der Waals surface area (Å²) in [6, 6.07) is 6.21. The number of carbonyl (C=O) groups is 1. The largest absolute Gasteiger partial charge is 0.482 e. The number of aryl methyl sites for hydroxylation is 2. The maximum atomic E-state index is 12.1. The van der Waals surface area contributed by atoms with Crippen molar-refractivity contribution in [2.45, 2.75) is 78.2 Å². The van der Waals surface area contributed by atoms with Crippen molar-refractivity contribution in [1.82, 2.24) is 0 Å². The van der Waals surface area contributed by atoms with Gasteiger partial charge in [0.1, 0.15) is 11.9 Å². The van der Waals surface area contributed by atoms with Crippen LogP contribution in [0.1, 0.15) is 70.4 Å². The molecule has 1 fully saturated rings. The molecule has 138 valence electrons. The second-order valence-corrected chi connectivity index (χ2v) is 8.76. The fourth-order valence-electron chi connectivity index (χ4n) is 4.21. The van der Waals surface area contributed by atoms with E-state index in [1.807, 2.05) is 6.07 Å². The van der Waals surface area contributed by atoms with Crippen LogP contribution in [0.3, 0.4) is 0 Å². The number of hydrogen-bond acceptors (Lipinski definition) is 3. The van der Waals surface area contributed by atoms with E-state index < -0.39 is 0 Å². The average molecular weight is 344 g/mol. The maximum Gasteiger partial charge on any atom is 0.344 e. The van der Waals surface area contributed by atoms with Gasteiger partial charge in [-0.3, -0.25) is 0 Å². The molecule has 3 rings (SSSR count). The standard InChI is InChI=1S/C22H32O3/c1-22(2,3)18-9-12-19(13-10-18)25-21(23)15-24-20-11-8-16-6-4-5-7-17(16)14-20/h8,11,14,18-19H,4-7,9-10,12-13,15H2,1-3H3. The molecule has 1 aromatic carbocycles. The number of rotatable bonds is 4. The van der Waals surface area contributed by atoms with Crippen LogP contribution in [-0.4, -0.2) is 18.7 Å². The summed E-state index contributed by atoms with van der Waals surface area (Å²) < 4.78 is 11.3. The Balaban J connectivity index is 1.43. The van der Waals surface area contributed by atoms with Gasteiger partial charge in [-0.2, -0.15) is 0 Å². The first-order valence-corrected chi connectivity index (χ1v) is 9.86. The number of hydrogen-bond donors (Lipinski definition) is 0. The Hall–Kier alpha value is -1.51. The molecule has 0 amide bonds. The van der Waals surface area contributed by atoms with Crippen LogP contribution in [0.5, 0.6) is 5.75 Å². The molecule has 2 aliphatic rings. The van der Waals surface area contributed by atoms with E-state index in [9.17, 15) is 4.79 Å². The highest BCUT2D eigenvalue weighted by molar-refractivity contribution is 5.71. The van der Waals surface area contributed by atoms with Crippen LogP contribution >= 0.6 is 0 Å². The fraction of sp³-hybridized carbons (Fsp3) is 0.682. The van der Waals surface area contributed by atoms with E-state index in [1.54, 1.807) is 0 Å². The van der Waals surface area contributed by atoms with Gasteiger partial charge in [0.25, 0.3) is 0 Å². The SMILES string of the molecule is CC(C)(C)C1CCC(OC(=O)COc2ccc3c(c2)CCCC3)CC1. The summed E-state index contributed by atoms with van der Waals surface area (Å²) in [5.74, 6) is 1.28. The summed E-state index contributed by atoms with van der Waals surface area (Å²) in [5, 5.41) is 0. The predicted octanol–water partition coefficient (Wildman–Crippen LogP) is 5.09. The van der Waals surface area contributed by atoms with Crippen molar-refractivity contribution in [3.05, 3.63) is 29.3 Å². The van der Waals surface area contributed by atoms with Gasteiger partial charge in [0.05, 0.1) is 0 Å². The first-order chi connectivity index (χ1) is 11.9. The van der Waals surface area contributed by atoms with Crippen LogP contribution in [0.2, 0.25) is 0 Å². The molecule has 2 aliphatic carbocycles. The van der Waals surface area contributed by atoms with Gasteiger partial charge >= 0.3 is 5.97 Å². The lowest BCUT2D eigenvalue weighted by Gasteiger charge is -2.36. The molecule has 1 saturated carbocycles. The summed E-state index contributed by atoms with van der Waals surface area (Å²) in [7, 11) is 0. The van der Waals surface area contributed by atoms with Gasteiger partial charge in [0, 0.05) is 0 Å². The zero-order valence-electron chi connectivity index (χ0n) is 16.0. The summed E-state index contributed by atoms with van der Waals surface area (Å²) in [4.78, 5) is 12.1. The zero-order chi connectivity index (χ0) is 17.9. The lowest BCUT2D eigenvalue weighted by atomic mass is 9.72. The quantitative estimate of drug-likeness (QED) is 0.714. The third-order valence-corrected chi connectivity index (χ3v) is 5.87. The molecule has 0 aliphatic heterocycles. The van der Waals surface area contributed by atoms with Crippen LogP contribution in [-0.2, 0) is 22.4 Å². The minimum Gasteiger partial charge on any atom is -0.482 e. The van der Waals surface area contributed by atoms with Crippen molar-refractivity contribution in [3.8, 4) is 5.75 Å². The van der Waals surface area contributed by atoms with Crippen LogP contribution in [0.15, 0.2) is 18.2 Å². The van der Waals surface area contributed by atoms with Gasteiger partial charge in [0.15, 0.2) is 6.61 Å². The summed E-state index contributed by atoms with van der Waals surface area (Å²) in [6.45, 7) is 6.92.